The highest BCUT2D eigenvalue weighted by Gasteiger charge is 2.29. The number of hydrogen-bond donors (Lipinski definition) is 1. The predicted molar refractivity (Wildman–Crippen MR) is 145 cm³/mol. The van der Waals surface area contributed by atoms with Crippen LogP contribution < -0.4 is 19.3 Å². The van der Waals surface area contributed by atoms with Gasteiger partial charge >= 0.3 is 0 Å². The van der Waals surface area contributed by atoms with E-state index in [0.717, 1.165) is 39.8 Å². The van der Waals surface area contributed by atoms with Crippen molar-refractivity contribution >= 4 is 27.3 Å². The number of benzene rings is 3. The maximum absolute atomic E-state index is 13.7. The van der Waals surface area contributed by atoms with Crippen molar-refractivity contribution in [2.75, 3.05) is 35.9 Å². The molecule has 0 heterocycles. The van der Waals surface area contributed by atoms with E-state index in [0.29, 0.717) is 18.0 Å². The molecule has 0 atom stereocenters. The monoisotopic (exact) mass is 509 g/mol. The molecule has 8 heteroatoms. The summed E-state index contributed by atoms with van der Waals surface area (Å²) in [6.07, 6.45) is 0. The van der Waals surface area contributed by atoms with Gasteiger partial charge in [-0.3, -0.25) is 9.10 Å². The van der Waals surface area contributed by atoms with Crippen LogP contribution in [0.25, 0.3) is 0 Å². The Kier molecular flexibility index (Phi) is 8.98. The van der Waals surface area contributed by atoms with Crippen LogP contribution in [0.3, 0.4) is 0 Å². The molecule has 0 aliphatic heterocycles. The maximum atomic E-state index is 13.7. The van der Waals surface area contributed by atoms with Crippen molar-refractivity contribution in [2.24, 2.45) is 0 Å². The van der Waals surface area contributed by atoms with Gasteiger partial charge in [-0.15, -0.1) is 0 Å². The van der Waals surface area contributed by atoms with Gasteiger partial charge in [-0.25, -0.2) is 8.42 Å². The van der Waals surface area contributed by atoms with E-state index in [1.54, 1.807) is 36.4 Å². The lowest BCUT2D eigenvalue weighted by molar-refractivity contribution is -0.119. The van der Waals surface area contributed by atoms with Crippen LogP contribution in [0.1, 0.15) is 30.5 Å². The van der Waals surface area contributed by atoms with Crippen LogP contribution in [0.15, 0.2) is 71.6 Å². The summed E-state index contributed by atoms with van der Waals surface area (Å²) in [6, 6.07) is 19.8. The molecule has 0 saturated carbocycles. The Morgan fingerprint density at radius 1 is 0.889 bits per heavy atom. The first kappa shape index (κ1) is 27.1. The summed E-state index contributed by atoms with van der Waals surface area (Å²) in [7, 11) is -2.55. The van der Waals surface area contributed by atoms with Crippen LogP contribution in [0.4, 0.5) is 11.4 Å². The van der Waals surface area contributed by atoms with Crippen LogP contribution in [-0.4, -0.2) is 41.1 Å². The minimum Gasteiger partial charge on any atom is -0.495 e. The maximum Gasteiger partial charge on any atom is 0.264 e. The molecule has 0 fully saturated rings. The van der Waals surface area contributed by atoms with E-state index in [1.165, 1.54) is 7.11 Å². The summed E-state index contributed by atoms with van der Waals surface area (Å²) in [6.45, 7) is 9.71. The number of anilines is 2. The van der Waals surface area contributed by atoms with Gasteiger partial charge in [0.2, 0.25) is 5.91 Å². The van der Waals surface area contributed by atoms with Gasteiger partial charge in [-0.1, -0.05) is 35.9 Å². The molecule has 0 aliphatic rings. The van der Waals surface area contributed by atoms with E-state index in [-0.39, 0.29) is 11.4 Å². The van der Waals surface area contributed by atoms with Crippen molar-refractivity contribution in [3.8, 4) is 5.75 Å². The average molecular weight is 510 g/mol. The first-order valence-electron chi connectivity index (χ1n) is 12.0. The molecule has 1 amide bonds. The second kappa shape index (κ2) is 11.9. The SMILES string of the molecule is CCN(CC)c1ccc(CNC(=O)CN(c2cc(C)ccc2OC)S(=O)(=O)c2ccc(C)cc2)cc1. The molecule has 3 rings (SSSR count). The van der Waals surface area contributed by atoms with Gasteiger partial charge in [0.05, 0.1) is 17.7 Å². The van der Waals surface area contributed by atoms with E-state index < -0.39 is 15.9 Å². The number of hydrogen-bond acceptors (Lipinski definition) is 5. The molecule has 36 heavy (non-hydrogen) atoms. The topological polar surface area (TPSA) is 79.0 Å². The summed E-state index contributed by atoms with van der Waals surface area (Å²) in [5.74, 6) is -0.0434. The summed E-state index contributed by atoms with van der Waals surface area (Å²) >= 11 is 0. The zero-order valence-corrected chi connectivity index (χ0v) is 22.4. The van der Waals surface area contributed by atoms with Gasteiger partial charge in [-0.2, -0.15) is 0 Å². The lowest BCUT2D eigenvalue weighted by Crippen LogP contribution is -2.41. The van der Waals surface area contributed by atoms with Crippen molar-refractivity contribution in [2.45, 2.75) is 39.1 Å². The second-order valence-electron chi connectivity index (χ2n) is 8.62. The van der Waals surface area contributed by atoms with Crippen LogP contribution in [-0.2, 0) is 21.4 Å². The van der Waals surface area contributed by atoms with E-state index in [9.17, 15) is 13.2 Å². The molecular formula is C28H35N3O4S. The molecule has 0 aliphatic carbocycles. The third-order valence-electron chi connectivity index (χ3n) is 6.05. The third kappa shape index (κ3) is 6.37. The number of rotatable bonds is 11. The molecule has 0 saturated heterocycles. The number of ether oxygens (including phenoxy) is 1. The molecule has 7 nitrogen and oxygen atoms in total. The number of nitrogens with one attached hydrogen (secondary N) is 1. The molecule has 1 N–H and O–H groups in total. The largest absolute Gasteiger partial charge is 0.495 e. The quantitative estimate of drug-likeness (QED) is 0.406. The minimum absolute atomic E-state index is 0.108. The predicted octanol–water partition coefficient (Wildman–Crippen LogP) is 4.67. The van der Waals surface area contributed by atoms with Crippen molar-refractivity contribution in [3.05, 3.63) is 83.4 Å². The second-order valence-corrected chi connectivity index (χ2v) is 10.5. The average Bonchev–Trinajstić information content (AvgIpc) is 2.87. The van der Waals surface area contributed by atoms with Crippen molar-refractivity contribution < 1.29 is 17.9 Å². The number of carbonyl (C=O) groups is 1. The van der Waals surface area contributed by atoms with Gasteiger partial charge in [0.25, 0.3) is 10.0 Å². The molecule has 192 valence electrons. The molecule has 0 radical (unpaired) electrons. The van der Waals surface area contributed by atoms with Gasteiger partial charge in [0.15, 0.2) is 0 Å². The zero-order chi connectivity index (χ0) is 26.3. The fourth-order valence-electron chi connectivity index (χ4n) is 3.93. The van der Waals surface area contributed by atoms with E-state index in [4.69, 9.17) is 4.74 Å². The Morgan fingerprint density at radius 2 is 1.50 bits per heavy atom. The Hall–Kier alpha value is -3.52. The van der Waals surface area contributed by atoms with E-state index in [1.807, 2.05) is 44.2 Å². The zero-order valence-electron chi connectivity index (χ0n) is 21.6. The third-order valence-corrected chi connectivity index (χ3v) is 7.83. The van der Waals surface area contributed by atoms with Crippen LogP contribution in [0.2, 0.25) is 0 Å². The fourth-order valence-corrected chi connectivity index (χ4v) is 5.36. The van der Waals surface area contributed by atoms with Gasteiger partial charge < -0.3 is 15.0 Å². The highest BCUT2D eigenvalue weighted by atomic mass is 32.2. The molecule has 3 aromatic rings. The van der Waals surface area contributed by atoms with E-state index in [2.05, 4.69) is 24.1 Å². The number of carbonyl (C=O) groups excluding carboxylic acids is 1. The van der Waals surface area contributed by atoms with Crippen LogP contribution >= 0.6 is 0 Å². The smallest absolute Gasteiger partial charge is 0.264 e. The highest BCUT2D eigenvalue weighted by Crippen LogP contribution is 2.33. The van der Waals surface area contributed by atoms with Gasteiger partial charge in [0.1, 0.15) is 12.3 Å². The fraction of sp³-hybridized carbons (Fsp3) is 0.321. The summed E-state index contributed by atoms with van der Waals surface area (Å²) < 4.78 is 33.9. The normalized spacial score (nSPS) is 11.1. The highest BCUT2D eigenvalue weighted by molar-refractivity contribution is 7.92. The van der Waals surface area contributed by atoms with Crippen molar-refractivity contribution in [1.29, 1.82) is 0 Å². The van der Waals surface area contributed by atoms with Gasteiger partial charge in [-0.05, 0) is 75.2 Å². The molecule has 0 spiro atoms. The van der Waals surface area contributed by atoms with Crippen LogP contribution in [0, 0.1) is 13.8 Å². The molecule has 3 aromatic carbocycles. The number of nitrogens with zero attached hydrogens (tertiary/aromatic N) is 2. The molecule has 0 aromatic heterocycles. The van der Waals surface area contributed by atoms with Crippen molar-refractivity contribution in [1.82, 2.24) is 5.32 Å². The van der Waals surface area contributed by atoms with E-state index >= 15 is 0 Å². The Labute approximate surface area is 214 Å². The first-order valence-corrected chi connectivity index (χ1v) is 13.5. The number of methoxy groups -OCH3 is 1. The number of aryl methyl sites for hydroxylation is 2. The van der Waals surface area contributed by atoms with Gasteiger partial charge in [0, 0.05) is 25.3 Å². The Bertz CT molecular complexity index is 1270. The number of sulfonamides is 1. The molecule has 0 bridgehead atoms. The summed E-state index contributed by atoms with van der Waals surface area (Å²) in [5, 5.41) is 2.86. The number of amides is 1. The molecular weight excluding hydrogens is 474 g/mol. The summed E-state index contributed by atoms with van der Waals surface area (Å²) in [5.41, 5.74) is 4.16. The summed E-state index contributed by atoms with van der Waals surface area (Å²) in [4.78, 5) is 15.4. The molecule has 0 unspecified atom stereocenters. The first-order chi connectivity index (χ1) is 17.2. The Morgan fingerprint density at radius 3 is 2.08 bits per heavy atom. The Balaban J connectivity index is 1.85. The lowest BCUT2D eigenvalue weighted by atomic mass is 10.2. The van der Waals surface area contributed by atoms with Crippen molar-refractivity contribution in [3.63, 3.8) is 0 Å². The minimum atomic E-state index is -4.03. The van der Waals surface area contributed by atoms with Crippen LogP contribution in [0.5, 0.6) is 5.75 Å². The standard InChI is InChI=1S/C28H35N3O4S/c1-6-30(7-2)24-13-11-23(12-14-24)19-29-28(32)20-31(26-18-22(4)10-17-27(26)35-5)36(33,34)25-15-8-21(3)9-16-25/h8-18H,6-7,19-20H2,1-5H3,(H,29,32). The lowest BCUT2D eigenvalue weighted by Gasteiger charge is -2.26.